The summed E-state index contributed by atoms with van der Waals surface area (Å²) in [4.78, 5) is 15.7. The van der Waals surface area contributed by atoms with Crippen LogP contribution in [0.1, 0.15) is 30.0 Å². The van der Waals surface area contributed by atoms with Crippen LogP contribution in [0.3, 0.4) is 0 Å². The molecule has 0 saturated heterocycles. The summed E-state index contributed by atoms with van der Waals surface area (Å²) in [6.07, 6.45) is 0. The standard InChI is InChI=1S/C15H20N2O3/c1-10(2)9-20-8-7-17-11(3)16-13-6-4-5-12(14(13)17)15(18)19/h4-6,10H,7-9H2,1-3H3,(H,18,19). The van der Waals surface area contributed by atoms with Gasteiger partial charge in [0.2, 0.25) is 0 Å². The first-order chi connectivity index (χ1) is 9.50. The Kier molecular flexibility index (Phi) is 4.39. The predicted molar refractivity (Wildman–Crippen MR) is 77.1 cm³/mol. The summed E-state index contributed by atoms with van der Waals surface area (Å²) in [6, 6.07) is 5.16. The van der Waals surface area contributed by atoms with E-state index in [1.165, 1.54) is 0 Å². The van der Waals surface area contributed by atoms with E-state index in [0.29, 0.717) is 36.7 Å². The van der Waals surface area contributed by atoms with Crippen LogP contribution in [0, 0.1) is 12.8 Å². The van der Waals surface area contributed by atoms with E-state index in [2.05, 4.69) is 18.8 Å². The molecule has 20 heavy (non-hydrogen) atoms. The number of nitrogens with zero attached hydrogens (tertiary/aromatic N) is 2. The van der Waals surface area contributed by atoms with Crippen LogP contribution in [0.25, 0.3) is 11.0 Å². The number of aromatic nitrogens is 2. The highest BCUT2D eigenvalue weighted by atomic mass is 16.5. The Balaban J connectivity index is 2.27. The van der Waals surface area contributed by atoms with Crippen molar-refractivity contribution < 1.29 is 14.6 Å². The average molecular weight is 276 g/mol. The van der Waals surface area contributed by atoms with Gasteiger partial charge in [-0.25, -0.2) is 9.78 Å². The maximum atomic E-state index is 11.3. The normalized spacial score (nSPS) is 11.4. The Bertz CT molecular complexity index is 617. The lowest BCUT2D eigenvalue weighted by Gasteiger charge is -2.10. The molecule has 0 fully saturated rings. The molecule has 2 rings (SSSR count). The number of fused-ring (bicyclic) bond motifs is 1. The van der Waals surface area contributed by atoms with Gasteiger partial charge in [0.15, 0.2) is 0 Å². The summed E-state index contributed by atoms with van der Waals surface area (Å²) in [7, 11) is 0. The molecule has 0 amide bonds. The van der Waals surface area contributed by atoms with E-state index in [1.54, 1.807) is 12.1 Å². The Morgan fingerprint density at radius 1 is 1.45 bits per heavy atom. The van der Waals surface area contributed by atoms with Crippen LogP contribution in [0.4, 0.5) is 0 Å². The molecule has 108 valence electrons. The number of aromatic carboxylic acids is 1. The van der Waals surface area contributed by atoms with Gasteiger partial charge in [-0.05, 0) is 25.0 Å². The predicted octanol–water partition coefficient (Wildman–Crippen LogP) is 2.72. The lowest BCUT2D eigenvalue weighted by atomic mass is 10.2. The van der Waals surface area contributed by atoms with Gasteiger partial charge in [-0.2, -0.15) is 0 Å². The Hall–Kier alpha value is -1.88. The summed E-state index contributed by atoms with van der Waals surface area (Å²) >= 11 is 0. The largest absolute Gasteiger partial charge is 0.478 e. The molecular weight excluding hydrogens is 256 g/mol. The zero-order valence-corrected chi connectivity index (χ0v) is 12.1. The highest BCUT2D eigenvalue weighted by Gasteiger charge is 2.15. The van der Waals surface area contributed by atoms with E-state index in [-0.39, 0.29) is 5.56 Å². The lowest BCUT2D eigenvalue weighted by Crippen LogP contribution is -2.12. The number of para-hydroxylation sites is 1. The number of aryl methyl sites for hydroxylation is 1. The molecule has 5 heteroatoms. The third-order valence-electron chi connectivity index (χ3n) is 3.10. The number of carboxylic acids is 1. The van der Waals surface area contributed by atoms with Crippen LogP contribution in [-0.4, -0.2) is 33.8 Å². The third-order valence-corrected chi connectivity index (χ3v) is 3.10. The fourth-order valence-electron chi connectivity index (χ4n) is 2.22. The summed E-state index contributed by atoms with van der Waals surface area (Å²) in [6.45, 7) is 7.95. The van der Waals surface area contributed by atoms with Crippen LogP contribution < -0.4 is 0 Å². The number of benzene rings is 1. The van der Waals surface area contributed by atoms with Crippen molar-refractivity contribution in [2.24, 2.45) is 5.92 Å². The van der Waals surface area contributed by atoms with Crippen molar-refractivity contribution >= 4 is 17.0 Å². The van der Waals surface area contributed by atoms with Crippen molar-refractivity contribution in [2.45, 2.75) is 27.3 Å². The highest BCUT2D eigenvalue weighted by Crippen LogP contribution is 2.20. The molecule has 1 N–H and O–H groups in total. The van der Waals surface area contributed by atoms with Gasteiger partial charge in [0.1, 0.15) is 5.82 Å². The summed E-state index contributed by atoms with van der Waals surface area (Å²) in [5.74, 6) is 0.368. The Labute approximate surface area is 118 Å². The molecule has 0 bridgehead atoms. The van der Waals surface area contributed by atoms with Gasteiger partial charge in [0, 0.05) is 13.2 Å². The van der Waals surface area contributed by atoms with Gasteiger partial charge in [-0.1, -0.05) is 19.9 Å². The van der Waals surface area contributed by atoms with Gasteiger partial charge >= 0.3 is 5.97 Å². The highest BCUT2D eigenvalue weighted by molar-refractivity contribution is 6.01. The first-order valence-electron chi connectivity index (χ1n) is 6.77. The second kappa shape index (κ2) is 6.05. The monoisotopic (exact) mass is 276 g/mol. The second-order valence-corrected chi connectivity index (χ2v) is 5.26. The number of imidazole rings is 1. The minimum Gasteiger partial charge on any atom is -0.478 e. The fourth-order valence-corrected chi connectivity index (χ4v) is 2.22. The third kappa shape index (κ3) is 2.99. The molecule has 0 unspecified atom stereocenters. The van der Waals surface area contributed by atoms with Crippen molar-refractivity contribution in [2.75, 3.05) is 13.2 Å². The van der Waals surface area contributed by atoms with Crippen LogP contribution in [0.2, 0.25) is 0 Å². The van der Waals surface area contributed by atoms with Crippen molar-refractivity contribution in [3.63, 3.8) is 0 Å². The molecule has 1 aromatic carbocycles. The summed E-state index contributed by atoms with van der Waals surface area (Å²) < 4.78 is 7.49. The van der Waals surface area contributed by atoms with E-state index in [0.717, 1.165) is 5.82 Å². The molecule has 2 aromatic rings. The first-order valence-corrected chi connectivity index (χ1v) is 6.77. The zero-order chi connectivity index (χ0) is 14.7. The molecule has 0 radical (unpaired) electrons. The summed E-state index contributed by atoms with van der Waals surface area (Å²) in [5.41, 5.74) is 1.67. The number of hydrogen-bond donors (Lipinski definition) is 1. The van der Waals surface area contributed by atoms with E-state index in [9.17, 15) is 9.90 Å². The summed E-state index contributed by atoms with van der Waals surface area (Å²) in [5, 5.41) is 9.29. The van der Waals surface area contributed by atoms with E-state index < -0.39 is 5.97 Å². The maximum Gasteiger partial charge on any atom is 0.337 e. The van der Waals surface area contributed by atoms with Crippen LogP contribution >= 0.6 is 0 Å². The molecule has 0 aliphatic heterocycles. The second-order valence-electron chi connectivity index (χ2n) is 5.26. The number of ether oxygens (including phenoxy) is 1. The van der Waals surface area contributed by atoms with E-state index in [1.807, 2.05) is 17.6 Å². The fraction of sp³-hybridized carbons (Fsp3) is 0.467. The topological polar surface area (TPSA) is 64.3 Å². The van der Waals surface area contributed by atoms with Gasteiger partial charge in [0.25, 0.3) is 0 Å². The minimum absolute atomic E-state index is 0.284. The molecule has 0 aliphatic rings. The molecule has 1 aromatic heterocycles. The maximum absolute atomic E-state index is 11.3. The van der Waals surface area contributed by atoms with Gasteiger partial charge < -0.3 is 14.4 Å². The quantitative estimate of drug-likeness (QED) is 0.824. The number of carbonyl (C=O) groups is 1. The van der Waals surface area contributed by atoms with Crippen molar-refractivity contribution in [3.05, 3.63) is 29.6 Å². The zero-order valence-electron chi connectivity index (χ0n) is 12.1. The van der Waals surface area contributed by atoms with Crippen LogP contribution in [0.15, 0.2) is 18.2 Å². The molecule has 0 atom stereocenters. The minimum atomic E-state index is -0.931. The van der Waals surface area contributed by atoms with E-state index >= 15 is 0 Å². The SMILES string of the molecule is Cc1nc2cccc(C(=O)O)c2n1CCOCC(C)C. The smallest absolute Gasteiger partial charge is 0.337 e. The lowest BCUT2D eigenvalue weighted by molar-refractivity contribution is 0.0698. The number of hydrogen-bond acceptors (Lipinski definition) is 3. The van der Waals surface area contributed by atoms with Crippen LogP contribution in [0.5, 0.6) is 0 Å². The molecule has 1 heterocycles. The van der Waals surface area contributed by atoms with Gasteiger partial charge in [-0.3, -0.25) is 0 Å². The molecular formula is C15H20N2O3. The first kappa shape index (κ1) is 14.5. The molecule has 0 spiro atoms. The van der Waals surface area contributed by atoms with Crippen molar-refractivity contribution in [1.82, 2.24) is 9.55 Å². The number of rotatable bonds is 6. The van der Waals surface area contributed by atoms with Gasteiger partial charge in [-0.15, -0.1) is 0 Å². The van der Waals surface area contributed by atoms with Gasteiger partial charge in [0.05, 0.1) is 23.2 Å². The molecule has 0 aliphatic carbocycles. The number of carboxylic acid groups (broad SMARTS) is 1. The van der Waals surface area contributed by atoms with Crippen molar-refractivity contribution in [3.8, 4) is 0 Å². The van der Waals surface area contributed by atoms with Crippen LogP contribution in [-0.2, 0) is 11.3 Å². The molecule has 5 nitrogen and oxygen atoms in total. The Morgan fingerprint density at radius 3 is 2.85 bits per heavy atom. The Morgan fingerprint density at radius 2 is 2.20 bits per heavy atom. The average Bonchev–Trinajstić information content (AvgIpc) is 2.70. The molecule has 0 saturated carbocycles. The van der Waals surface area contributed by atoms with Crippen molar-refractivity contribution in [1.29, 1.82) is 0 Å². The van der Waals surface area contributed by atoms with E-state index in [4.69, 9.17) is 4.74 Å².